The van der Waals surface area contributed by atoms with Gasteiger partial charge in [0.05, 0.1) is 5.69 Å². The quantitative estimate of drug-likeness (QED) is 0.779. The Morgan fingerprint density at radius 3 is 2.21 bits per heavy atom. The van der Waals surface area contributed by atoms with Gasteiger partial charge in [0, 0.05) is 32.2 Å². The molecule has 1 aliphatic heterocycles. The molecule has 1 saturated heterocycles. The highest BCUT2D eigenvalue weighted by atomic mass is 19.4. The van der Waals surface area contributed by atoms with Gasteiger partial charge in [-0.3, -0.25) is 0 Å². The molecule has 0 amide bonds. The summed E-state index contributed by atoms with van der Waals surface area (Å²) in [5.74, 6) is -0.0653. The van der Waals surface area contributed by atoms with Crippen molar-refractivity contribution in [2.45, 2.75) is 13.1 Å². The Morgan fingerprint density at radius 2 is 1.54 bits per heavy atom. The molecule has 0 aliphatic carbocycles. The summed E-state index contributed by atoms with van der Waals surface area (Å²) in [6, 6.07) is 0.922. The molecule has 10 heteroatoms. The van der Waals surface area contributed by atoms with Crippen LogP contribution in [0.3, 0.4) is 0 Å². The van der Waals surface area contributed by atoms with E-state index >= 15 is 0 Å². The number of aromatic nitrogens is 4. The molecule has 0 aromatic carbocycles. The molecule has 1 aliphatic rings. The number of hydrogen-bond acceptors (Lipinski definition) is 6. The molecule has 128 valence electrons. The van der Waals surface area contributed by atoms with Crippen LogP contribution in [-0.4, -0.2) is 46.1 Å². The lowest BCUT2D eigenvalue weighted by Gasteiger charge is -2.36. The average Bonchev–Trinajstić information content (AvgIpc) is 2.57. The second-order valence-electron chi connectivity index (χ2n) is 5.33. The first-order chi connectivity index (χ1) is 11.4. The third-order valence-electron chi connectivity index (χ3n) is 3.79. The zero-order chi connectivity index (χ0) is 17.3. The molecule has 24 heavy (non-hydrogen) atoms. The number of aryl methyl sites for hydroxylation is 1. The highest BCUT2D eigenvalue weighted by Gasteiger charge is 2.33. The van der Waals surface area contributed by atoms with Crippen molar-refractivity contribution in [3.63, 3.8) is 0 Å². The molecule has 3 rings (SSSR count). The van der Waals surface area contributed by atoms with Crippen LogP contribution in [0.25, 0.3) is 0 Å². The van der Waals surface area contributed by atoms with E-state index in [4.69, 9.17) is 0 Å². The van der Waals surface area contributed by atoms with Crippen molar-refractivity contribution in [2.75, 3.05) is 36.0 Å². The minimum absolute atomic E-state index is 0.205. The van der Waals surface area contributed by atoms with E-state index in [0.29, 0.717) is 26.2 Å². The fraction of sp³-hybridized carbons (Fsp3) is 0.429. The molecular weight excluding hydrogens is 328 g/mol. The fourth-order valence-corrected chi connectivity index (χ4v) is 2.49. The van der Waals surface area contributed by atoms with Crippen molar-refractivity contribution in [3.05, 3.63) is 35.9 Å². The first-order valence-corrected chi connectivity index (χ1v) is 7.22. The maximum atomic E-state index is 14.1. The Kier molecular flexibility index (Phi) is 4.20. The number of hydrogen-bond donors (Lipinski definition) is 0. The molecule has 3 heterocycles. The molecule has 2 aromatic heterocycles. The summed E-state index contributed by atoms with van der Waals surface area (Å²) < 4.78 is 52.2. The van der Waals surface area contributed by atoms with Gasteiger partial charge >= 0.3 is 6.18 Å². The minimum atomic E-state index is -4.51. The zero-order valence-corrected chi connectivity index (χ0v) is 12.8. The van der Waals surface area contributed by atoms with E-state index < -0.39 is 17.7 Å². The van der Waals surface area contributed by atoms with E-state index in [1.54, 1.807) is 16.7 Å². The van der Waals surface area contributed by atoms with Gasteiger partial charge in [-0.15, -0.1) is 0 Å². The van der Waals surface area contributed by atoms with Gasteiger partial charge < -0.3 is 9.80 Å². The number of piperazine rings is 1. The SMILES string of the molecule is Cc1ncnc(N2CCN(c3cc(C(F)(F)F)ncn3)CC2)c1F. The van der Waals surface area contributed by atoms with Crippen LogP contribution in [0.4, 0.5) is 29.2 Å². The Hall–Kier alpha value is -2.52. The summed E-state index contributed by atoms with van der Waals surface area (Å²) in [4.78, 5) is 18.3. The Labute approximate surface area is 135 Å². The normalized spacial score (nSPS) is 15.7. The Bertz CT molecular complexity index is 727. The molecule has 2 aromatic rings. The first-order valence-electron chi connectivity index (χ1n) is 7.22. The maximum absolute atomic E-state index is 14.1. The molecule has 6 nitrogen and oxygen atoms in total. The first kappa shape index (κ1) is 16.3. The predicted molar refractivity (Wildman–Crippen MR) is 78.2 cm³/mol. The smallest absolute Gasteiger partial charge is 0.353 e. The minimum Gasteiger partial charge on any atom is -0.353 e. The molecule has 0 bridgehead atoms. The number of nitrogens with zero attached hydrogens (tertiary/aromatic N) is 6. The van der Waals surface area contributed by atoms with Gasteiger partial charge in [0.15, 0.2) is 11.6 Å². The lowest BCUT2D eigenvalue weighted by molar-refractivity contribution is -0.141. The van der Waals surface area contributed by atoms with Gasteiger partial charge in [-0.1, -0.05) is 0 Å². The lowest BCUT2D eigenvalue weighted by Crippen LogP contribution is -2.47. The third-order valence-corrected chi connectivity index (χ3v) is 3.79. The molecule has 1 fully saturated rings. The van der Waals surface area contributed by atoms with Crippen molar-refractivity contribution in [3.8, 4) is 0 Å². The van der Waals surface area contributed by atoms with Crippen LogP contribution in [-0.2, 0) is 6.18 Å². The topological polar surface area (TPSA) is 58.0 Å². The van der Waals surface area contributed by atoms with Crippen LogP contribution >= 0.6 is 0 Å². The van der Waals surface area contributed by atoms with Gasteiger partial charge in [0.1, 0.15) is 24.2 Å². The van der Waals surface area contributed by atoms with E-state index in [0.717, 1.165) is 12.4 Å². The van der Waals surface area contributed by atoms with Crippen LogP contribution in [0, 0.1) is 12.7 Å². The summed E-state index contributed by atoms with van der Waals surface area (Å²) in [5.41, 5.74) is -0.722. The van der Waals surface area contributed by atoms with Crippen LogP contribution in [0.15, 0.2) is 18.7 Å². The third kappa shape index (κ3) is 3.22. The molecule has 0 atom stereocenters. The van der Waals surface area contributed by atoms with E-state index in [1.165, 1.54) is 6.33 Å². The average molecular weight is 342 g/mol. The second-order valence-corrected chi connectivity index (χ2v) is 5.33. The van der Waals surface area contributed by atoms with Crippen LogP contribution in [0.2, 0.25) is 0 Å². The second kappa shape index (κ2) is 6.17. The van der Waals surface area contributed by atoms with E-state index in [2.05, 4.69) is 19.9 Å². The van der Waals surface area contributed by atoms with Crippen molar-refractivity contribution in [1.82, 2.24) is 19.9 Å². The Balaban J connectivity index is 1.73. The predicted octanol–water partition coefficient (Wildman–Crippen LogP) is 2.06. The van der Waals surface area contributed by atoms with Gasteiger partial charge in [-0.25, -0.2) is 24.3 Å². The summed E-state index contributed by atoms with van der Waals surface area (Å²) >= 11 is 0. The van der Waals surface area contributed by atoms with Crippen molar-refractivity contribution in [1.29, 1.82) is 0 Å². The summed E-state index contributed by atoms with van der Waals surface area (Å²) in [5, 5.41) is 0. The van der Waals surface area contributed by atoms with Crippen LogP contribution < -0.4 is 9.80 Å². The molecule has 0 N–H and O–H groups in total. The Morgan fingerprint density at radius 1 is 0.917 bits per heavy atom. The monoisotopic (exact) mass is 342 g/mol. The zero-order valence-electron chi connectivity index (χ0n) is 12.8. The summed E-state index contributed by atoms with van der Waals surface area (Å²) in [6.45, 7) is 3.18. The van der Waals surface area contributed by atoms with E-state index in [9.17, 15) is 17.6 Å². The summed E-state index contributed by atoms with van der Waals surface area (Å²) in [7, 11) is 0. The van der Waals surface area contributed by atoms with E-state index in [1.807, 2.05) is 0 Å². The number of rotatable bonds is 2. The molecule has 0 saturated carbocycles. The molecule has 0 radical (unpaired) electrons. The number of halogens is 4. The van der Waals surface area contributed by atoms with Gasteiger partial charge in [0.2, 0.25) is 0 Å². The van der Waals surface area contributed by atoms with Gasteiger partial charge in [0.25, 0.3) is 0 Å². The summed E-state index contributed by atoms with van der Waals surface area (Å²) in [6.07, 6.45) is -2.32. The number of anilines is 2. The van der Waals surface area contributed by atoms with E-state index in [-0.39, 0.29) is 17.3 Å². The molecule has 0 unspecified atom stereocenters. The van der Waals surface area contributed by atoms with Gasteiger partial charge in [-0.2, -0.15) is 13.2 Å². The van der Waals surface area contributed by atoms with Crippen LogP contribution in [0.5, 0.6) is 0 Å². The molecule has 0 spiro atoms. The number of alkyl halides is 3. The maximum Gasteiger partial charge on any atom is 0.433 e. The molecular formula is C14H14F4N6. The van der Waals surface area contributed by atoms with Gasteiger partial charge in [-0.05, 0) is 6.92 Å². The lowest BCUT2D eigenvalue weighted by atomic mass is 10.2. The van der Waals surface area contributed by atoms with Crippen molar-refractivity contribution in [2.24, 2.45) is 0 Å². The fourth-order valence-electron chi connectivity index (χ4n) is 2.49. The van der Waals surface area contributed by atoms with Crippen molar-refractivity contribution < 1.29 is 17.6 Å². The highest BCUT2D eigenvalue weighted by Crippen LogP contribution is 2.29. The highest BCUT2D eigenvalue weighted by molar-refractivity contribution is 5.46. The van der Waals surface area contributed by atoms with Crippen LogP contribution in [0.1, 0.15) is 11.4 Å². The largest absolute Gasteiger partial charge is 0.433 e. The van der Waals surface area contributed by atoms with Crippen molar-refractivity contribution >= 4 is 11.6 Å². The standard InChI is InChI=1S/C14H14F4N6/c1-9-12(15)13(22-7-19-9)24-4-2-23(3-5-24)11-6-10(14(16,17)18)20-8-21-11/h6-8H,2-5H2,1H3.